The summed E-state index contributed by atoms with van der Waals surface area (Å²) in [4.78, 5) is 12.5. The van der Waals surface area contributed by atoms with Crippen LogP contribution in [0.15, 0.2) is 42.6 Å². The number of aromatic nitrogens is 2. The van der Waals surface area contributed by atoms with Gasteiger partial charge in [0.2, 0.25) is 5.13 Å². The Bertz CT molecular complexity index is 950. The van der Waals surface area contributed by atoms with Gasteiger partial charge in [-0.3, -0.25) is 9.48 Å². The summed E-state index contributed by atoms with van der Waals surface area (Å²) in [5.74, 6) is -1.39. The molecule has 1 aromatic heterocycles. The fourth-order valence-electron chi connectivity index (χ4n) is 2.69. The van der Waals surface area contributed by atoms with Gasteiger partial charge in [-0.05, 0) is 29.8 Å². The quantitative estimate of drug-likeness (QED) is 0.581. The maximum Gasteiger partial charge on any atom is 0.282 e. The van der Waals surface area contributed by atoms with Crippen LogP contribution in [-0.2, 0) is 7.05 Å². The molecule has 4 nitrogen and oxygen atoms in total. The first-order chi connectivity index (χ1) is 12.7. The molecule has 1 unspecified atom stereocenters. The Labute approximate surface area is 157 Å². The van der Waals surface area contributed by atoms with E-state index in [0.29, 0.717) is 5.57 Å². The van der Waals surface area contributed by atoms with E-state index >= 15 is 0 Å². The van der Waals surface area contributed by atoms with Crippen LogP contribution in [0.25, 0.3) is 5.57 Å². The van der Waals surface area contributed by atoms with Crippen molar-refractivity contribution >= 4 is 28.8 Å². The standard InChI is InChI=1S/C18H14ClF4N3O/c1-26-9-13(15(25-26)16(21)22)17(27)24-14-3-2-11(20)8-12(14)10-4-6-18(19,23)7-5-10/h2-6,8-9,16H,7H2,1H3,(H,24,27). The molecule has 1 aromatic carbocycles. The average molecular weight is 400 g/mol. The molecule has 0 fully saturated rings. The summed E-state index contributed by atoms with van der Waals surface area (Å²) in [5.41, 5.74) is -0.0465. The number of alkyl halides is 4. The number of benzene rings is 1. The van der Waals surface area contributed by atoms with Crippen LogP contribution in [0.4, 0.5) is 23.2 Å². The Kier molecular flexibility index (Phi) is 5.10. The second kappa shape index (κ2) is 7.19. The van der Waals surface area contributed by atoms with Gasteiger partial charge in [-0.15, -0.1) is 0 Å². The molecule has 9 heteroatoms. The molecule has 1 aliphatic rings. The largest absolute Gasteiger partial charge is 0.321 e. The molecule has 0 saturated heterocycles. The van der Waals surface area contributed by atoms with E-state index in [9.17, 15) is 22.4 Å². The predicted molar refractivity (Wildman–Crippen MR) is 93.9 cm³/mol. The van der Waals surface area contributed by atoms with E-state index < -0.39 is 29.0 Å². The molecule has 27 heavy (non-hydrogen) atoms. The topological polar surface area (TPSA) is 46.9 Å². The van der Waals surface area contributed by atoms with Crippen molar-refractivity contribution in [2.24, 2.45) is 7.05 Å². The normalized spacial score (nSPS) is 19.3. The highest BCUT2D eigenvalue weighted by atomic mass is 35.5. The first-order valence-corrected chi connectivity index (χ1v) is 8.24. The molecule has 0 bridgehead atoms. The van der Waals surface area contributed by atoms with Crippen molar-refractivity contribution in [2.45, 2.75) is 18.0 Å². The summed E-state index contributed by atoms with van der Waals surface area (Å²) in [6, 6.07) is 3.57. The van der Waals surface area contributed by atoms with Crippen LogP contribution < -0.4 is 5.32 Å². The first kappa shape index (κ1) is 19.2. The molecule has 1 amide bonds. The zero-order valence-corrected chi connectivity index (χ0v) is 14.8. The Balaban J connectivity index is 1.94. The molecule has 1 heterocycles. The maximum atomic E-state index is 13.7. The van der Waals surface area contributed by atoms with Crippen molar-refractivity contribution in [3.63, 3.8) is 0 Å². The van der Waals surface area contributed by atoms with E-state index in [1.54, 1.807) is 0 Å². The Morgan fingerprint density at radius 2 is 2.15 bits per heavy atom. The number of halogens is 5. The minimum atomic E-state index is -2.93. The number of anilines is 1. The SMILES string of the molecule is Cn1cc(C(=O)Nc2ccc(F)cc2C2=CCC(F)(Cl)C=C2)c(C(F)F)n1. The summed E-state index contributed by atoms with van der Waals surface area (Å²) >= 11 is 5.59. The summed E-state index contributed by atoms with van der Waals surface area (Å²) < 4.78 is 54.7. The lowest BCUT2D eigenvalue weighted by Crippen LogP contribution is -2.16. The second-order valence-corrected chi connectivity index (χ2v) is 6.63. The van der Waals surface area contributed by atoms with Crippen molar-refractivity contribution in [2.75, 3.05) is 5.32 Å². The summed E-state index contributed by atoms with van der Waals surface area (Å²) in [6.07, 6.45) is 2.07. The molecule has 1 aliphatic carbocycles. The van der Waals surface area contributed by atoms with Crippen molar-refractivity contribution < 1.29 is 22.4 Å². The third-order valence-electron chi connectivity index (χ3n) is 3.95. The lowest BCUT2D eigenvalue weighted by molar-refractivity contribution is 0.101. The number of carbonyl (C=O) groups excluding carboxylic acids is 1. The fraction of sp³-hybridized carbons (Fsp3) is 0.222. The van der Waals surface area contributed by atoms with Crippen molar-refractivity contribution in [3.05, 3.63) is 65.3 Å². The molecular weight excluding hydrogens is 386 g/mol. The van der Waals surface area contributed by atoms with E-state index in [2.05, 4.69) is 10.4 Å². The van der Waals surface area contributed by atoms with Crippen molar-refractivity contribution in [1.82, 2.24) is 9.78 Å². The predicted octanol–water partition coefficient (Wildman–Crippen LogP) is 5.00. The number of nitrogens with one attached hydrogen (secondary N) is 1. The van der Waals surface area contributed by atoms with E-state index in [-0.39, 0.29) is 23.2 Å². The lowest BCUT2D eigenvalue weighted by atomic mass is 9.97. The minimum absolute atomic E-state index is 0.136. The van der Waals surface area contributed by atoms with Crippen LogP contribution >= 0.6 is 11.6 Å². The number of allylic oxidation sites excluding steroid dienone is 4. The first-order valence-electron chi connectivity index (χ1n) is 7.86. The Hall–Kier alpha value is -2.61. The maximum absolute atomic E-state index is 13.7. The van der Waals surface area contributed by atoms with Crippen molar-refractivity contribution in [1.29, 1.82) is 0 Å². The van der Waals surface area contributed by atoms with Crippen LogP contribution in [-0.4, -0.2) is 20.8 Å². The molecule has 1 atom stereocenters. The van der Waals surface area contributed by atoms with E-state index in [1.807, 2.05) is 0 Å². The number of hydrogen-bond acceptors (Lipinski definition) is 2. The van der Waals surface area contributed by atoms with Crippen LogP contribution in [0.3, 0.4) is 0 Å². The van der Waals surface area contributed by atoms with Crippen LogP contribution in [0.2, 0.25) is 0 Å². The van der Waals surface area contributed by atoms with Gasteiger partial charge in [-0.25, -0.2) is 17.6 Å². The van der Waals surface area contributed by atoms with Gasteiger partial charge in [-0.2, -0.15) is 5.10 Å². The molecular formula is C18H14ClF4N3O. The van der Waals surface area contributed by atoms with E-state index in [1.165, 1.54) is 31.5 Å². The molecule has 142 valence electrons. The van der Waals surface area contributed by atoms with Crippen LogP contribution in [0, 0.1) is 5.82 Å². The van der Waals surface area contributed by atoms with Gasteiger partial charge in [0, 0.05) is 30.9 Å². The number of rotatable bonds is 4. The van der Waals surface area contributed by atoms with Crippen LogP contribution in [0.5, 0.6) is 0 Å². The Morgan fingerprint density at radius 3 is 2.78 bits per heavy atom. The number of hydrogen-bond donors (Lipinski definition) is 1. The monoisotopic (exact) mass is 399 g/mol. The van der Waals surface area contributed by atoms with Gasteiger partial charge in [-0.1, -0.05) is 23.8 Å². The lowest BCUT2D eigenvalue weighted by Gasteiger charge is -2.19. The molecule has 0 radical (unpaired) electrons. The second-order valence-electron chi connectivity index (χ2n) is 6.00. The van der Waals surface area contributed by atoms with Gasteiger partial charge in [0.1, 0.15) is 11.5 Å². The number of nitrogens with zero attached hydrogens (tertiary/aromatic N) is 2. The zero-order valence-electron chi connectivity index (χ0n) is 14.0. The highest BCUT2D eigenvalue weighted by Crippen LogP contribution is 2.35. The van der Waals surface area contributed by atoms with Gasteiger partial charge in [0.25, 0.3) is 12.3 Å². The smallest absolute Gasteiger partial charge is 0.282 e. The summed E-state index contributed by atoms with van der Waals surface area (Å²) in [7, 11) is 1.42. The molecule has 2 aromatic rings. The minimum Gasteiger partial charge on any atom is -0.321 e. The molecule has 0 saturated carbocycles. The summed E-state index contributed by atoms with van der Waals surface area (Å²) in [6.45, 7) is 0. The Morgan fingerprint density at radius 1 is 1.41 bits per heavy atom. The number of carbonyl (C=O) groups is 1. The third-order valence-corrected chi connectivity index (χ3v) is 4.23. The van der Waals surface area contributed by atoms with Gasteiger partial charge in [0.15, 0.2) is 0 Å². The van der Waals surface area contributed by atoms with Gasteiger partial charge >= 0.3 is 0 Å². The van der Waals surface area contributed by atoms with Gasteiger partial charge < -0.3 is 5.32 Å². The molecule has 0 spiro atoms. The molecule has 0 aliphatic heterocycles. The van der Waals surface area contributed by atoms with Gasteiger partial charge in [0.05, 0.1) is 5.56 Å². The highest BCUT2D eigenvalue weighted by Gasteiger charge is 2.26. The van der Waals surface area contributed by atoms with E-state index in [0.717, 1.165) is 22.9 Å². The number of aryl methyl sites for hydroxylation is 1. The van der Waals surface area contributed by atoms with Crippen LogP contribution in [0.1, 0.15) is 34.5 Å². The highest BCUT2D eigenvalue weighted by molar-refractivity contribution is 6.24. The summed E-state index contributed by atoms with van der Waals surface area (Å²) in [5, 5.41) is 4.04. The fourth-order valence-corrected chi connectivity index (χ4v) is 2.83. The van der Waals surface area contributed by atoms with Crippen molar-refractivity contribution in [3.8, 4) is 0 Å². The third kappa shape index (κ3) is 4.21. The average Bonchev–Trinajstić information content (AvgIpc) is 2.99. The van der Waals surface area contributed by atoms with E-state index in [4.69, 9.17) is 11.6 Å². The number of amides is 1. The molecule has 1 N–H and O–H groups in total. The molecule has 3 rings (SSSR count). The zero-order chi connectivity index (χ0) is 19.8.